The van der Waals surface area contributed by atoms with Gasteiger partial charge in [-0.3, -0.25) is 10.1 Å². The number of nitro groups is 1. The Labute approximate surface area is 109 Å². The van der Waals surface area contributed by atoms with E-state index < -0.39 is 17.1 Å². The highest BCUT2D eigenvalue weighted by atomic mass is 16.6. The molecule has 4 atom stereocenters. The molecule has 19 heavy (non-hydrogen) atoms. The first-order valence-electron chi connectivity index (χ1n) is 6.09. The molecule has 98 valence electrons. The first-order valence-corrected chi connectivity index (χ1v) is 6.09. The molecular weight excluding hydrogens is 246 g/mol. The molecule has 0 aromatic rings. The van der Waals surface area contributed by atoms with E-state index in [0.29, 0.717) is 5.57 Å². The van der Waals surface area contributed by atoms with Crippen molar-refractivity contribution in [1.29, 1.82) is 0 Å². The molecule has 2 unspecified atom stereocenters. The average molecular weight is 259 g/mol. The molecule has 0 fully saturated rings. The second-order valence-electron chi connectivity index (χ2n) is 4.90. The lowest BCUT2D eigenvalue weighted by molar-refractivity contribution is -0.419. The van der Waals surface area contributed by atoms with Crippen LogP contribution in [0.2, 0.25) is 0 Å². The number of nitrogens with zero attached hydrogens (tertiary/aromatic N) is 1. The average Bonchev–Trinajstić information content (AvgIpc) is 2.41. The van der Waals surface area contributed by atoms with Crippen LogP contribution in [0.3, 0.4) is 0 Å². The highest BCUT2D eigenvalue weighted by molar-refractivity contribution is 5.51. The van der Waals surface area contributed by atoms with Crippen LogP contribution in [0.15, 0.2) is 59.4 Å². The van der Waals surface area contributed by atoms with Crippen molar-refractivity contribution in [2.24, 2.45) is 11.8 Å². The molecule has 3 aliphatic rings. The van der Waals surface area contributed by atoms with Crippen LogP contribution >= 0.6 is 0 Å². The largest absolute Gasteiger partial charge is 0.386 e. The summed E-state index contributed by atoms with van der Waals surface area (Å²) in [5, 5.41) is 30.3. The van der Waals surface area contributed by atoms with Crippen molar-refractivity contribution in [1.82, 2.24) is 0 Å². The summed E-state index contributed by atoms with van der Waals surface area (Å²) in [5.41, 5.74) is 1.59. The van der Waals surface area contributed by atoms with Gasteiger partial charge in [0.25, 0.3) is 5.70 Å². The molecule has 0 amide bonds. The van der Waals surface area contributed by atoms with Crippen LogP contribution in [-0.4, -0.2) is 27.3 Å². The van der Waals surface area contributed by atoms with E-state index in [0.717, 1.165) is 5.57 Å². The van der Waals surface area contributed by atoms with Gasteiger partial charge in [0.15, 0.2) is 0 Å². The number of aliphatic hydroxyl groups is 2. The zero-order chi connectivity index (χ0) is 13.6. The molecule has 5 nitrogen and oxygen atoms in total. The van der Waals surface area contributed by atoms with Gasteiger partial charge in [0.2, 0.25) is 0 Å². The summed E-state index contributed by atoms with van der Waals surface area (Å²) in [7, 11) is 0. The zero-order valence-electron chi connectivity index (χ0n) is 10.0. The summed E-state index contributed by atoms with van der Waals surface area (Å²) in [6.45, 7) is 0. The molecule has 3 rings (SSSR count). The van der Waals surface area contributed by atoms with E-state index in [-0.39, 0.29) is 17.5 Å². The van der Waals surface area contributed by atoms with E-state index in [2.05, 4.69) is 0 Å². The molecule has 0 radical (unpaired) electrons. The van der Waals surface area contributed by atoms with Gasteiger partial charge in [-0.15, -0.1) is 0 Å². The van der Waals surface area contributed by atoms with Gasteiger partial charge in [-0.25, -0.2) is 0 Å². The molecule has 2 N–H and O–H groups in total. The van der Waals surface area contributed by atoms with Gasteiger partial charge in [-0.05, 0) is 11.1 Å². The Morgan fingerprint density at radius 1 is 1.05 bits per heavy atom. The van der Waals surface area contributed by atoms with Crippen LogP contribution in [0.25, 0.3) is 0 Å². The van der Waals surface area contributed by atoms with Crippen molar-refractivity contribution in [3.05, 3.63) is 69.5 Å². The molecular formula is C14H13NO4. The predicted octanol–water partition coefficient (Wildman–Crippen LogP) is 1.11. The summed E-state index contributed by atoms with van der Waals surface area (Å²) in [6.07, 6.45) is 10.1. The number of aliphatic hydroxyl groups excluding tert-OH is 2. The smallest absolute Gasteiger partial charge is 0.265 e. The quantitative estimate of drug-likeness (QED) is 0.545. The van der Waals surface area contributed by atoms with Crippen molar-refractivity contribution in [3.8, 4) is 0 Å². The van der Waals surface area contributed by atoms with E-state index >= 15 is 0 Å². The number of rotatable bonds is 1. The van der Waals surface area contributed by atoms with Crippen LogP contribution < -0.4 is 0 Å². The first-order chi connectivity index (χ1) is 9.06. The van der Waals surface area contributed by atoms with E-state index in [1.54, 1.807) is 24.3 Å². The van der Waals surface area contributed by atoms with E-state index in [9.17, 15) is 20.3 Å². The van der Waals surface area contributed by atoms with E-state index in [1.165, 1.54) is 6.08 Å². The highest BCUT2D eigenvalue weighted by Crippen LogP contribution is 2.37. The third kappa shape index (κ3) is 1.97. The maximum absolute atomic E-state index is 10.8. The van der Waals surface area contributed by atoms with Crippen molar-refractivity contribution >= 4 is 0 Å². The molecule has 0 aromatic heterocycles. The minimum Gasteiger partial charge on any atom is -0.386 e. The standard InChI is InChI=1S/C14H13NO4/c16-13-4-2-9-5-8-1-3-11(15(18)19)6-10(8)7-12(9)14(13)17/h1-8,10,13-14,16-17H/t8?,10?,13-,14-/m0/s1. The molecule has 0 aliphatic heterocycles. The first kappa shape index (κ1) is 12.1. The highest BCUT2D eigenvalue weighted by Gasteiger charge is 2.32. The maximum atomic E-state index is 10.8. The van der Waals surface area contributed by atoms with Gasteiger partial charge in [-0.1, -0.05) is 30.4 Å². The molecule has 0 aromatic carbocycles. The number of allylic oxidation sites excluding steroid dienone is 6. The Morgan fingerprint density at radius 3 is 2.58 bits per heavy atom. The second kappa shape index (κ2) is 4.29. The fraction of sp³-hybridized carbons (Fsp3) is 0.286. The molecule has 0 saturated carbocycles. The second-order valence-corrected chi connectivity index (χ2v) is 4.90. The third-order valence-electron chi connectivity index (χ3n) is 3.70. The fourth-order valence-corrected chi connectivity index (χ4v) is 2.67. The molecule has 5 heteroatoms. The van der Waals surface area contributed by atoms with Crippen LogP contribution in [0.5, 0.6) is 0 Å². The third-order valence-corrected chi connectivity index (χ3v) is 3.70. The van der Waals surface area contributed by atoms with Crippen molar-refractivity contribution in [3.63, 3.8) is 0 Å². The van der Waals surface area contributed by atoms with Gasteiger partial charge >= 0.3 is 0 Å². The molecule has 0 spiro atoms. The zero-order valence-corrected chi connectivity index (χ0v) is 10.0. The summed E-state index contributed by atoms with van der Waals surface area (Å²) in [4.78, 5) is 10.4. The van der Waals surface area contributed by atoms with Crippen LogP contribution in [-0.2, 0) is 0 Å². The Hall–Kier alpha value is -1.98. The topological polar surface area (TPSA) is 83.6 Å². The lowest BCUT2D eigenvalue weighted by Crippen LogP contribution is -2.32. The Kier molecular flexibility index (Phi) is 2.73. The SMILES string of the molecule is O=[N+]([O-])C1=CC2C=C3C(=CC2C=C1)C=C[C@H](O)[C@H]3O. The maximum Gasteiger partial charge on any atom is 0.265 e. The van der Waals surface area contributed by atoms with Gasteiger partial charge in [0.05, 0.1) is 4.92 Å². The number of hydrogen-bond acceptors (Lipinski definition) is 4. The summed E-state index contributed by atoms with van der Waals surface area (Å²) in [6, 6.07) is 0. The summed E-state index contributed by atoms with van der Waals surface area (Å²) in [5.74, 6) is -0.0768. The van der Waals surface area contributed by atoms with Crippen molar-refractivity contribution < 1.29 is 15.1 Å². The molecule has 0 bridgehead atoms. The monoisotopic (exact) mass is 259 g/mol. The molecule has 0 heterocycles. The van der Waals surface area contributed by atoms with Crippen molar-refractivity contribution in [2.75, 3.05) is 0 Å². The minimum atomic E-state index is -0.962. The minimum absolute atomic E-state index is 0.0644. The Bertz CT molecular complexity index is 582. The predicted molar refractivity (Wildman–Crippen MR) is 68.5 cm³/mol. The number of fused-ring (bicyclic) bond motifs is 2. The summed E-state index contributed by atoms with van der Waals surface area (Å²) < 4.78 is 0. The van der Waals surface area contributed by atoms with Crippen LogP contribution in [0.4, 0.5) is 0 Å². The normalized spacial score (nSPS) is 35.8. The Morgan fingerprint density at radius 2 is 1.84 bits per heavy atom. The fourth-order valence-electron chi connectivity index (χ4n) is 2.67. The van der Waals surface area contributed by atoms with E-state index in [4.69, 9.17) is 0 Å². The van der Waals surface area contributed by atoms with Crippen molar-refractivity contribution in [2.45, 2.75) is 12.2 Å². The molecule has 0 saturated heterocycles. The summed E-state index contributed by atoms with van der Waals surface area (Å²) >= 11 is 0. The number of hydrogen-bond donors (Lipinski definition) is 2. The van der Waals surface area contributed by atoms with Gasteiger partial charge in [0, 0.05) is 24.0 Å². The lowest BCUT2D eigenvalue weighted by atomic mass is 9.76. The Balaban J connectivity index is 1.99. The van der Waals surface area contributed by atoms with E-state index in [1.807, 2.05) is 12.2 Å². The van der Waals surface area contributed by atoms with Crippen LogP contribution in [0, 0.1) is 22.0 Å². The van der Waals surface area contributed by atoms with Crippen LogP contribution in [0.1, 0.15) is 0 Å². The lowest BCUT2D eigenvalue weighted by Gasteiger charge is -2.31. The molecule has 3 aliphatic carbocycles. The van der Waals surface area contributed by atoms with Gasteiger partial charge in [0.1, 0.15) is 12.2 Å². The van der Waals surface area contributed by atoms with Gasteiger partial charge in [-0.2, -0.15) is 0 Å². The van der Waals surface area contributed by atoms with Gasteiger partial charge < -0.3 is 10.2 Å².